The molecule has 18 heavy (non-hydrogen) atoms. The maximum Gasteiger partial charge on any atom is 0.341 e. The van der Waals surface area contributed by atoms with E-state index in [1.54, 1.807) is 12.1 Å². The van der Waals surface area contributed by atoms with E-state index in [2.05, 4.69) is 15.9 Å². The van der Waals surface area contributed by atoms with Gasteiger partial charge in [-0.3, -0.25) is 0 Å². The van der Waals surface area contributed by atoms with Gasteiger partial charge in [0.05, 0.1) is 4.90 Å². The van der Waals surface area contributed by atoms with Crippen LogP contribution in [0.5, 0.6) is 0 Å². The Labute approximate surface area is 113 Å². The third-order valence-electron chi connectivity index (χ3n) is 3.05. The Morgan fingerprint density at radius 1 is 1.22 bits per heavy atom. The SMILES string of the molecule is O=S(=O)(c1ccc(CC(Br)C2CC2)cc1)C(F)F. The van der Waals surface area contributed by atoms with Crippen LogP contribution in [0.4, 0.5) is 8.78 Å². The van der Waals surface area contributed by atoms with Gasteiger partial charge in [0.25, 0.3) is 0 Å². The van der Waals surface area contributed by atoms with Crippen LogP contribution in [0.25, 0.3) is 0 Å². The molecule has 100 valence electrons. The number of hydrogen-bond donors (Lipinski definition) is 0. The quantitative estimate of drug-likeness (QED) is 0.771. The van der Waals surface area contributed by atoms with Crippen LogP contribution in [0, 0.1) is 5.92 Å². The minimum Gasteiger partial charge on any atom is -0.218 e. The fourth-order valence-corrected chi connectivity index (χ4v) is 3.39. The molecule has 0 bridgehead atoms. The van der Waals surface area contributed by atoms with Crippen LogP contribution >= 0.6 is 15.9 Å². The van der Waals surface area contributed by atoms with E-state index in [4.69, 9.17) is 0 Å². The second-order valence-corrected chi connectivity index (χ2v) is 7.60. The number of halogens is 3. The van der Waals surface area contributed by atoms with Crippen molar-refractivity contribution in [2.75, 3.05) is 0 Å². The highest BCUT2D eigenvalue weighted by Crippen LogP contribution is 2.38. The van der Waals surface area contributed by atoms with Crippen LogP contribution in [0.2, 0.25) is 0 Å². The van der Waals surface area contributed by atoms with Gasteiger partial charge in [0.15, 0.2) is 0 Å². The molecule has 1 atom stereocenters. The smallest absolute Gasteiger partial charge is 0.218 e. The van der Waals surface area contributed by atoms with Crippen molar-refractivity contribution in [3.8, 4) is 0 Å². The van der Waals surface area contributed by atoms with E-state index >= 15 is 0 Å². The molecular weight excluding hydrogens is 326 g/mol. The molecule has 1 aromatic rings. The third-order valence-corrected chi connectivity index (χ3v) is 5.52. The first kappa shape index (κ1) is 13.9. The molecule has 0 N–H and O–H groups in total. The van der Waals surface area contributed by atoms with Gasteiger partial charge in [-0.25, -0.2) is 8.42 Å². The van der Waals surface area contributed by atoms with E-state index in [-0.39, 0.29) is 4.90 Å². The summed E-state index contributed by atoms with van der Waals surface area (Å²) in [5, 5.41) is 0. The highest BCUT2D eigenvalue weighted by molar-refractivity contribution is 9.09. The predicted molar refractivity (Wildman–Crippen MR) is 68.8 cm³/mol. The molecule has 1 saturated carbocycles. The van der Waals surface area contributed by atoms with Gasteiger partial charge in [-0.15, -0.1) is 0 Å². The molecular formula is C12H13BrF2O2S. The highest BCUT2D eigenvalue weighted by Gasteiger charge is 2.29. The van der Waals surface area contributed by atoms with Crippen LogP contribution in [-0.2, 0) is 16.3 Å². The lowest BCUT2D eigenvalue weighted by Crippen LogP contribution is -2.11. The van der Waals surface area contributed by atoms with Crippen molar-refractivity contribution in [2.45, 2.75) is 34.7 Å². The summed E-state index contributed by atoms with van der Waals surface area (Å²) >= 11 is 3.58. The van der Waals surface area contributed by atoms with Crippen molar-refractivity contribution < 1.29 is 17.2 Å². The fraction of sp³-hybridized carbons (Fsp3) is 0.500. The first-order valence-corrected chi connectivity index (χ1v) is 8.12. The zero-order valence-corrected chi connectivity index (χ0v) is 11.9. The zero-order chi connectivity index (χ0) is 13.3. The minimum absolute atomic E-state index is 0.321. The highest BCUT2D eigenvalue weighted by atomic mass is 79.9. The van der Waals surface area contributed by atoms with Crippen molar-refractivity contribution in [3.05, 3.63) is 29.8 Å². The molecule has 0 radical (unpaired) electrons. The topological polar surface area (TPSA) is 34.1 Å². The van der Waals surface area contributed by atoms with Crippen LogP contribution in [-0.4, -0.2) is 19.0 Å². The molecule has 0 amide bonds. The maximum absolute atomic E-state index is 12.3. The molecule has 1 aromatic carbocycles. The van der Waals surface area contributed by atoms with Gasteiger partial charge >= 0.3 is 5.76 Å². The Morgan fingerprint density at radius 3 is 2.22 bits per heavy atom. The summed E-state index contributed by atoms with van der Waals surface area (Å²) < 4.78 is 47.1. The lowest BCUT2D eigenvalue weighted by atomic mass is 10.1. The van der Waals surface area contributed by atoms with Gasteiger partial charge in [-0.1, -0.05) is 28.1 Å². The number of hydrogen-bond acceptors (Lipinski definition) is 2. The summed E-state index contributed by atoms with van der Waals surface area (Å²) in [6, 6.07) is 5.71. The first-order valence-electron chi connectivity index (χ1n) is 5.66. The van der Waals surface area contributed by atoms with Gasteiger partial charge in [0.1, 0.15) is 0 Å². The van der Waals surface area contributed by atoms with Crippen molar-refractivity contribution in [3.63, 3.8) is 0 Å². The minimum atomic E-state index is -4.47. The van der Waals surface area contributed by atoms with Crippen molar-refractivity contribution >= 4 is 25.8 Å². The Balaban J connectivity index is 2.10. The zero-order valence-electron chi connectivity index (χ0n) is 9.52. The second kappa shape index (κ2) is 5.25. The van der Waals surface area contributed by atoms with Crippen LogP contribution in [0.15, 0.2) is 29.2 Å². The van der Waals surface area contributed by atoms with E-state index in [0.29, 0.717) is 10.7 Å². The van der Waals surface area contributed by atoms with Crippen molar-refractivity contribution in [2.24, 2.45) is 5.92 Å². The lowest BCUT2D eigenvalue weighted by molar-refractivity contribution is 0.234. The maximum atomic E-state index is 12.3. The van der Waals surface area contributed by atoms with E-state index in [1.807, 2.05) is 0 Å². The number of alkyl halides is 3. The van der Waals surface area contributed by atoms with Crippen molar-refractivity contribution in [1.29, 1.82) is 0 Å². The molecule has 2 rings (SSSR count). The van der Waals surface area contributed by atoms with Crippen LogP contribution < -0.4 is 0 Å². The molecule has 1 aliphatic carbocycles. The Kier molecular flexibility index (Phi) is 4.06. The molecule has 1 unspecified atom stereocenters. The summed E-state index contributed by atoms with van der Waals surface area (Å²) in [6.45, 7) is 0. The van der Waals surface area contributed by atoms with E-state index in [9.17, 15) is 17.2 Å². The summed E-state index contributed by atoms with van der Waals surface area (Å²) in [7, 11) is -4.47. The Morgan fingerprint density at radius 2 is 1.78 bits per heavy atom. The summed E-state index contributed by atoms with van der Waals surface area (Å²) in [4.78, 5) is 0.0638. The van der Waals surface area contributed by atoms with Crippen LogP contribution in [0.1, 0.15) is 18.4 Å². The molecule has 0 saturated heterocycles. The number of sulfone groups is 1. The summed E-state index contributed by atoms with van der Waals surface area (Å²) in [6.07, 6.45) is 3.22. The standard InChI is InChI=1S/C12H13BrF2O2S/c13-11(9-3-4-9)7-8-1-5-10(6-2-8)18(16,17)12(14)15/h1-2,5-6,9,11-12H,3-4,7H2. The second-order valence-electron chi connectivity index (χ2n) is 4.51. The number of benzene rings is 1. The fourth-order valence-electron chi connectivity index (χ4n) is 1.77. The molecule has 2 nitrogen and oxygen atoms in total. The summed E-state index contributed by atoms with van der Waals surface area (Å²) in [5.74, 6) is -2.67. The number of rotatable bonds is 5. The third kappa shape index (κ3) is 3.09. The van der Waals surface area contributed by atoms with Gasteiger partial charge in [0.2, 0.25) is 9.84 Å². The van der Waals surface area contributed by atoms with Gasteiger partial charge in [0, 0.05) is 4.83 Å². The molecule has 1 fully saturated rings. The molecule has 0 spiro atoms. The molecule has 6 heteroatoms. The predicted octanol–water partition coefficient (Wildman–Crippen LogP) is 3.40. The Bertz CT molecular complexity index is 509. The first-order chi connectivity index (χ1) is 8.41. The van der Waals surface area contributed by atoms with E-state index in [1.165, 1.54) is 25.0 Å². The molecule has 0 aliphatic heterocycles. The largest absolute Gasteiger partial charge is 0.341 e. The van der Waals surface area contributed by atoms with E-state index in [0.717, 1.165) is 12.0 Å². The average Bonchev–Trinajstić information content (AvgIpc) is 3.13. The average molecular weight is 339 g/mol. The summed E-state index contributed by atoms with van der Waals surface area (Å²) in [5.41, 5.74) is 0.956. The van der Waals surface area contributed by atoms with Gasteiger partial charge in [-0.05, 0) is 42.9 Å². The van der Waals surface area contributed by atoms with E-state index < -0.39 is 15.6 Å². The monoisotopic (exact) mass is 338 g/mol. The normalized spacial score (nSPS) is 18.0. The van der Waals surface area contributed by atoms with Gasteiger partial charge in [-0.2, -0.15) is 8.78 Å². The molecule has 0 aromatic heterocycles. The molecule has 1 aliphatic rings. The Hall–Kier alpha value is -0.490. The van der Waals surface area contributed by atoms with Crippen LogP contribution in [0.3, 0.4) is 0 Å². The van der Waals surface area contributed by atoms with Gasteiger partial charge < -0.3 is 0 Å². The van der Waals surface area contributed by atoms with Crippen molar-refractivity contribution in [1.82, 2.24) is 0 Å². The lowest BCUT2D eigenvalue weighted by Gasteiger charge is -2.09. The molecule has 0 heterocycles.